The van der Waals surface area contributed by atoms with Crippen LogP contribution < -0.4 is 20.6 Å². The van der Waals surface area contributed by atoms with E-state index in [1.165, 1.54) is 0 Å². The van der Waals surface area contributed by atoms with Crippen molar-refractivity contribution in [3.8, 4) is 0 Å². The molecule has 0 radical (unpaired) electrons. The van der Waals surface area contributed by atoms with E-state index in [4.69, 9.17) is 0 Å². The zero-order valence-electron chi connectivity index (χ0n) is 13.2. The quantitative estimate of drug-likeness (QED) is 0.339. The molecule has 0 heterocycles. The van der Waals surface area contributed by atoms with Crippen molar-refractivity contribution in [2.75, 3.05) is 39.3 Å². The molecule has 0 unspecified atom stereocenters. The molecule has 0 rings (SSSR count). The van der Waals surface area contributed by atoms with Gasteiger partial charge in [0.15, 0.2) is 0 Å². The van der Waals surface area contributed by atoms with Gasteiger partial charge in [-0.2, -0.15) is 0 Å². The SMILES string of the molecule is C[Si](C)(C)NCCNCCNCCN[Si](C)(C)C. The molecule has 0 spiro atoms. The highest BCUT2D eigenvalue weighted by Crippen LogP contribution is 1.92. The fourth-order valence-corrected chi connectivity index (χ4v) is 3.23. The van der Waals surface area contributed by atoms with Crippen LogP contribution in [-0.4, -0.2) is 55.7 Å². The average Bonchev–Trinajstić information content (AvgIpc) is 2.17. The zero-order chi connectivity index (χ0) is 14.1. The maximum Gasteiger partial charge on any atom is 0.116 e. The van der Waals surface area contributed by atoms with Gasteiger partial charge >= 0.3 is 0 Å². The topological polar surface area (TPSA) is 48.1 Å². The molecule has 0 aromatic heterocycles. The Balaban J connectivity index is 3.13. The number of hydrogen-bond acceptors (Lipinski definition) is 4. The monoisotopic (exact) mass is 290 g/mol. The van der Waals surface area contributed by atoms with E-state index >= 15 is 0 Å². The summed E-state index contributed by atoms with van der Waals surface area (Å²) in [5.74, 6) is 0. The maximum atomic E-state index is 3.60. The van der Waals surface area contributed by atoms with E-state index in [1.807, 2.05) is 0 Å². The van der Waals surface area contributed by atoms with Crippen molar-refractivity contribution in [2.45, 2.75) is 39.3 Å². The summed E-state index contributed by atoms with van der Waals surface area (Å²) in [5.41, 5.74) is 0. The molecule has 0 atom stereocenters. The molecule has 0 saturated heterocycles. The molecule has 0 aliphatic carbocycles. The van der Waals surface area contributed by atoms with Gasteiger partial charge in [-0.3, -0.25) is 0 Å². The van der Waals surface area contributed by atoms with Crippen LogP contribution in [0.1, 0.15) is 0 Å². The second-order valence-corrected chi connectivity index (χ2v) is 16.6. The van der Waals surface area contributed by atoms with Crippen LogP contribution in [0.3, 0.4) is 0 Å². The van der Waals surface area contributed by atoms with Crippen molar-refractivity contribution in [3.63, 3.8) is 0 Å². The third-order valence-corrected chi connectivity index (χ3v) is 5.01. The van der Waals surface area contributed by atoms with E-state index in [1.54, 1.807) is 0 Å². The lowest BCUT2D eigenvalue weighted by molar-refractivity contribution is 0.604. The highest BCUT2D eigenvalue weighted by molar-refractivity contribution is 6.73. The van der Waals surface area contributed by atoms with Crippen molar-refractivity contribution in [3.05, 3.63) is 0 Å². The van der Waals surface area contributed by atoms with E-state index in [0.717, 1.165) is 39.3 Å². The molecular weight excluding hydrogens is 256 g/mol. The Labute approximate surface area is 116 Å². The lowest BCUT2D eigenvalue weighted by Crippen LogP contribution is -2.46. The largest absolute Gasteiger partial charge is 0.336 e. The summed E-state index contributed by atoms with van der Waals surface area (Å²) in [7, 11) is -2.14. The predicted molar refractivity (Wildman–Crippen MR) is 88.4 cm³/mol. The molecule has 0 amide bonds. The molecule has 0 aromatic carbocycles. The van der Waals surface area contributed by atoms with Crippen LogP contribution in [0, 0.1) is 0 Å². The Morgan fingerprint density at radius 1 is 0.500 bits per heavy atom. The smallest absolute Gasteiger partial charge is 0.116 e. The van der Waals surface area contributed by atoms with Crippen LogP contribution in [0.2, 0.25) is 39.3 Å². The van der Waals surface area contributed by atoms with Gasteiger partial charge in [0.2, 0.25) is 0 Å². The first-order chi connectivity index (χ1) is 8.21. The summed E-state index contributed by atoms with van der Waals surface area (Å²) < 4.78 is 0. The fourth-order valence-electron chi connectivity index (χ4n) is 1.48. The van der Waals surface area contributed by atoms with Crippen LogP contribution in [-0.2, 0) is 0 Å². The van der Waals surface area contributed by atoms with Gasteiger partial charge in [0, 0.05) is 39.3 Å². The lowest BCUT2D eigenvalue weighted by Gasteiger charge is -2.18. The van der Waals surface area contributed by atoms with Crippen LogP contribution in [0.5, 0.6) is 0 Å². The molecule has 0 aliphatic rings. The van der Waals surface area contributed by atoms with E-state index in [9.17, 15) is 0 Å². The van der Waals surface area contributed by atoms with Gasteiger partial charge in [0.05, 0.1) is 0 Å². The van der Waals surface area contributed by atoms with E-state index in [0.29, 0.717) is 0 Å². The second kappa shape index (κ2) is 9.22. The van der Waals surface area contributed by atoms with Crippen molar-refractivity contribution in [1.82, 2.24) is 20.6 Å². The highest BCUT2D eigenvalue weighted by atomic mass is 28.3. The summed E-state index contributed by atoms with van der Waals surface area (Å²) in [5, 5.41) is 6.90. The maximum absolute atomic E-state index is 3.60. The zero-order valence-corrected chi connectivity index (χ0v) is 15.2. The first-order valence-corrected chi connectivity index (χ1v) is 14.1. The minimum absolute atomic E-state index is 1.06. The summed E-state index contributed by atoms with van der Waals surface area (Å²) in [4.78, 5) is 7.20. The first-order valence-electron chi connectivity index (χ1n) is 7.12. The Morgan fingerprint density at radius 3 is 1.06 bits per heavy atom. The molecule has 0 saturated carbocycles. The predicted octanol–water partition coefficient (Wildman–Crippen LogP) is 1.01. The molecule has 4 N–H and O–H groups in total. The molecule has 4 nitrogen and oxygen atoms in total. The third kappa shape index (κ3) is 16.3. The molecular formula is C12H34N4Si2. The van der Waals surface area contributed by atoms with Gasteiger partial charge in [0.1, 0.15) is 16.5 Å². The summed E-state index contributed by atoms with van der Waals surface area (Å²) >= 11 is 0. The van der Waals surface area contributed by atoms with Crippen molar-refractivity contribution >= 4 is 16.5 Å². The molecule has 6 heteroatoms. The molecule has 0 fully saturated rings. The molecule has 110 valence electrons. The second-order valence-electron chi connectivity index (χ2n) is 6.85. The lowest BCUT2D eigenvalue weighted by atomic mass is 10.5. The fraction of sp³-hybridized carbons (Fsp3) is 1.00. The van der Waals surface area contributed by atoms with E-state index in [2.05, 4.69) is 59.9 Å². The van der Waals surface area contributed by atoms with Crippen LogP contribution in [0.25, 0.3) is 0 Å². The Kier molecular flexibility index (Phi) is 9.36. The minimum atomic E-state index is -1.07. The van der Waals surface area contributed by atoms with Gasteiger partial charge in [-0.05, 0) is 0 Å². The van der Waals surface area contributed by atoms with Crippen LogP contribution in [0.15, 0.2) is 0 Å². The molecule has 0 bridgehead atoms. The molecule has 18 heavy (non-hydrogen) atoms. The summed E-state index contributed by atoms with van der Waals surface area (Å²) in [6.07, 6.45) is 0. The normalized spacial score (nSPS) is 13.0. The van der Waals surface area contributed by atoms with Gasteiger partial charge in [-0.1, -0.05) is 39.3 Å². The first kappa shape index (κ1) is 18.3. The van der Waals surface area contributed by atoms with E-state index < -0.39 is 16.5 Å². The Hall–Kier alpha value is 0.274. The van der Waals surface area contributed by atoms with Crippen LogP contribution in [0.4, 0.5) is 0 Å². The van der Waals surface area contributed by atoms with Gasteiger partial charge < -0.3 is 20.6 Å². The molecule has 0 aromatic rings. The Morgan fingerprint density at radius 2 is 0.778 bits per heavy atom. The third-order valence-electron chi connectivity index (χ3n) is 2.39. The Bertz CT molecular complexity index is 177. The van der Waals surface area contributed by atoms with Crippen molar-refractivity contribution in [2.24, 2.45) is 0 Å². The standard InChI is InChI=1S/C12H34N4Si2/c1-17(2,3)15-11-9-13-7-8-14-10-12-16-18(4,5)6/h13-16H,7-12H2,1-6H3. The minimum Gasteiger partial charge on any atom is -0.336 e. The highest BCUT2D eigenvalue weighted by Gasteiger charge is 2.11. The van der Waals surface area contributed by atoms with E-state index in [-0.39, 0.29) is 0 Å². The number of hydrogen-bond donors (Lipinski definition) is 4. The average molecular weight is 291 g/mol. The van der Waals surface area contributed by atoms with Crippen LogP contribution >= 0.6 is 0 Å². The van der Waals surface area contributed by atoms with Crippen molar-refractivity contribution < 1.29 is 0 Å². The summed E-state index contributed by atoms with van der Waals surface area (Å²) in [6.45, 7) is 20.4. The van der Waals surface area contributed by atoms with Gasteiger partial charge in [-0.25, -0.2) is 0 Å². The summed E-state index contributed by atoms with van der Waals surface area (Å²) in [6, 6.07) is 0. The van der Waals surface area contributed by atoms with Gasteiger partial charge in [-0.15, -0.1) is 0 Å². The van der Waals surface area contributed by atoms with Gasteiger partial charge in [0.25, 0.3) is 0 Å². The van der Waals surface area contributed by atoms with Crippen molar-refractivity contribution in [1.29, 1.82) is 0 Å². The number of nitrogens with one attached hydrogen (secondary N) is 4. The number of rotatable bonds is 11. The molecule has 0 aliphatic heterocycles.